The Balaban J connectivity index is 2.71. The van der Waals surface area contributed by atoms with Crippen LogP contribution in [0, 0.1) is 13.8 Å². The van der Waals surface area contributed by atoms with Crippen molar-refractivity contribution in [2.75, 3.05) is 12.0 Å². The van der Waals surface area contributed by atoms with Crippen molar-refractivity contribution in [1.82, 2.24) is 9.78 Å². The molecule has 0 N–H and O–H groups in total. The third kappa shape index (κ3) is 3.66. The van der Waals surface area contributed by atoms with Crippen LogP contribution in [0.4, 0.5) is 0 Å². The summed E-state index contributed by atoms with van der Waals surface area (Å²) < 4.78 is 23.6. The first-order chi connectivity index (χ1) is 7.72. The van der Waals surface area contributed by atoms with Gasteiger partial charge in [0.1, 0.15) is 9.84 Å². The molecule has 1 aromatic heterocycles. The molecule has 17 heavy (non-hydrogen) atoms. The van der Waals surface area contributed by atoms with E-state index in [1.807, 2.05) is 6.92 Å². The van der Waals surface area contributed by atoms with Gasteiger partial charge in [-0.25, -0.2) is 8.42 Å². The van der Waals surface area contributed by atoms with Gasteiger partial charge in [0.25, 0.3) is 0 Å². The van der Waals surface area contributed by atoms with E-state index in [2.05, 4.69) is 5.10 Å². The molecular formula is C11H18N2O3S. The van der Waals surface area contributed by atoms with Gasteiger partial charge in [0.15, 0.2) is 5.78 Å². The number of rotatable bonds is 5. The van der Waals surface area contributed by atoms with E-state index in [0.29, 0.717) is 17.7 Å². The summed E-state index contributed by atoms with van der Waals surface area (Å²) in [5.41, 5.74) is 2.15. The van der Waals surface area contributed by atoms with Crippen molar-refractivity contribution in [3.05, 3.63) is 17.0 Å². The molecule has 1 heterocycles. The maximum atomic E-state index is 11.9. The van der Waals surface area contributed by atoms with Crippen LogP contribution in [0.3, 0.4) is 0 Å². The van der Waals surface area contributed by atoms with Gasteiger partial charge >= 0.3 is 0 Å². The molecule has 0 radical (unpaired) electrons. The molecule has 6 heteroatoms. The zero-order chi connectivity index (χ0) is 13.2. The Morgan fingerprint density at radius 2 is 1.94 bits per heavy atom. The molecule has 0 spiro atoms. The van der Waals surface area contributed by atoms with Gasteiger partial charge < -0.3 is 0 Å². The van der Waals surface area contributed by atoms with Crippen LogP contribution in [-0.2, 0) is 16.9 Å². The highest BCUT2D eigenvalue weighted by atomic mass is 32.2. The molecule has 0 unspecified atom stereocenters. The Morgan fingerprint density at radius 1 is 1.35 bits per heavy atom. The maximum Gasteiger partial charge on any atom is 0.166 e. The number of hydrogen-bond donors (Lipinski definition) is 0. The fourth-order valence-corrected chi connectivity index (χ4v) is 2.47. The molecule has 96 valence electrons. The second-order valence-electron chi connectivity index (χ2n) is 4.33. The lowest BCUT2D eigenvalue weighted by Gasteiger charge is -2.01. The van der Waals surface area contributed by atoms with Crippen LogP contribution in [0.2, 0.25) is 0 Å². The van der Waals surface area contributed by atoms with Crippen LogP contribution < -0.4 is 0 Å². The molecule has 0 saturated heterocycles. The third-order valence-corrected chi connectivity index (χ3v) is 3.74. The van der Waals surface area contributed by atoms with Gasteiger partial charge in [0.05, 0.1) is 17.0 Å². The molecule has 0 aliphatic carbocycles. The highest BCUT2D eigenvalue weighted by Gasteiger charge is 2.17. The van der Waals surface area contributed by atoms with Gasteiger partial charge in [-0.3, -0.25) is 9.48 Å². The fraction of sp³-hybridized carbons (Fsp3) is 0.636. The maximum absolute atomic E-state index is 11.9. The van der Waals surface area contributed by atoms with Gasteiger partial charge in [-0.2, -0.15) is 5.10 Å². The number of Topliss-reactive ketones (excluding diaryl/α,β-unsaturated/α-hetero) is 1. The van der Waals surface area contributed by atoms with Crippen LogP contribution in [0.15, 0.2) is 0 Å². The van der Waals surface area contributed by atoms with Crippen molar-refractivity contribution in [1.29, 1.82) is 0 Å². The molecule has 0 aromatic carbocycles. The van der Waals surface area contributed by atoms with Gasteiger partial charge in [-0.1, -0.05) is 0 Å². The van der Waals surface area contributed by atoms with E-state index in [-0.39, 0.29) is 18.0 Å². The normalized spacial score (nSPS) is 11.8. The molecule has 5 nitrogen and oxygen atoms in total. The zero-order valence-corrected chi connectivity index (χ0v) is 11.5. The van der Waals surface area contributed by atoms with Crippen LogP contribution in [-0.4, -0.2) is 36.0 Å². The highest BCUT2D eigenvalue weighted by molar-refractivity contribution is 7.90. The molecule has 0 saturated carbocycles. The first kappa shape index (κ1) is 13.9. The number of sulfone groups is 1. The van der Waals surface area contributed by atoms with Gasteiger partial charge in [-0.05, 0) is 20.3 Å². The first-order valence-corrected chi connectivity index (χ1v) is 7.49. The summed E-state index contributed by atoms with van der Waals surface area (Å²) in [5, 5.41) is 4.17. The molecule has 1 rings (SSSR count). The van der Waals surface area contributed by atoms with Gasteiger partial charge in [-0.15, -0.1) is 0 Å². The van der Waals surface area contributed by atoms with Crippen molar-refractivity contribution in [2.45, 2.75) is 26.7 Å². The fourth-order valence-electron chi connectivity index (χ4n) is 1.80. The average Bonchev–Trinajstić information content (AvgIpc) is 2.38. The Hall–Kier alpha value is -1.17. The van der Waals surface area contributed by atoms with E-state index in [4.69, 9.17) is 0 Å². The summed E-state index contributed by atoms with van der Waals surface area (Å²) in [6, 6.07) is 0. The molecule has 0 aliphatic heterocycles. The number of carbonyl (C=O) groups is 1. The average molecular weight is 258 g/mol. The lowest BCUT2D eigenvalue weighted by molar-refractivity contribution is 0.0981. The smallest absolute Gasteiger partial charge is 0.166 e. The van der Waals surface area contributed by atoms with Crippen LogP contribution in [0.1, 0.15) is 34.6 Å². The SMILES string of the molecule is Cc1nn(C)c(C)c1C(=O)CCCS(C)(=O)=O. The lowest BCUT2D eigenvalue weighted by Crippen LogP contribution is -2.08. The molecular weight excluding hydrogens is 240 g/mol. The number of nitrogens with zero attached hydrogens (tertiary/aromatic N) is 2. The second-order valence-corrected chi connectivity index (χ2v) is 6.59. The quantitative estimate of drug-likeness (QED) is 0.740. The Labute approximate surface area is 102 Å². The number of hydrogen-bond acceptors (Lipinski definition) is 4. The van der Waals surface area contributed by atoms with Crippen molar-refractivity contribution in [2.24, 2.45) is 7.05 Å². The van der Waals surface area contributed by atoms with E-state index >= 15 is 0 Å². The van der Waals surface area contributed by atoms with E-state index < -0.39 is 9.84 Å². The summed E-state index contributed by atoms with van der Waals surface area (Å²) in [6.45, 7) is 3.63. The lowest BCUT2D eigenvalue weighted by atomic mass is 10.1. The predicted octanol–water partition coefficient (Wildman–Crippen LogP) is 1.04. The number of aryl methyl sites for hydroxylation is 2. The molecule has 1 aromatic rings. The van der Waals surface area contributed by atoms with E-state index in [1.165, 1.54) is 6.26 Å². The van der Waals surface area contributed by atoms with Crippen molar-refractivity contribution < 1.29 is 13.2 Å². The summed E-state index contributed by atoms with van der Waals surface area (Å²) in [5.74, 6) is 0.0219. The van der Waals surface area contributed by atoms with Crippen molar-refractivity contribution in [3.63, 3.8) is 0 Å². The van der Waals surface area contributed by atoms with Gasteiger partial charge in [0.2, 0.25) is 0 Å². The number of aromatic nitrogens is 2. The minimum Gasteiger partial charge on any atom is -0.294 e. The number of ketones is 1. The monoisotopic (exact) mass is 258 g/mol. The topological polar surface area (TPSA) is 69.0 Å². The summed E-state index contributed by atoms with van der Waals surface area (Å²) >= 11 is 0. The van der Waals surface area contributed by atoms with Crippen molar-refractivity contribution >= 4 is 15.6 Å². The standard InChI is InChI=1S/C11H18N2O3S/c1-8-11(9(2)13(3)12-8)10(14)6-5-7-17(4,15)16/h5-7H2,1-4H3. The largest absolute Gasteiger partial charge is 0.294 e. The highest BCUT2D eigenvalue weighted by Crippen LogP contribution is 2.15. The summed E-state index contributed by atoms with van der Waals surface area (Å²) in [7, 11) is -1.20. The molecule has 0 fully saturated rings. The van der Waals surface area contributed by atoms with Crippen LogP contribution >= 0.6 is 0 Å². The van der Waals surface area contributed by atoms with Crippen LogP contribution in [0.25, 0.3) is 0 Å². The minimum atomic E-state index is -2.99. The number of carbonyl (C=O) groups excluding carboxylic acids is 1. The Morgan fingerprint density at radius 3 is 2.35 bits per heavy atom. The second kappa shape index (κ2) is 5.00. The zero-order valence-electron chi connectivity index (χ0n) is 10.6. The summed E-state index contributed by atoms with van der Waals surface area (Å²) in [4.78, 5) is 11.9. The molecule has 0 amide bonds. The van der Waals surface area contributed by atoms with Gasteiger partial charge in [0, 0.05) is 25.4 Å². The minimum absolute atomic E-state index is 0.0308. The molecule has 0 atom stereocenters. The predicted molar refractivity (Wildman–Crippen MR) is 66.0 cm³/mol. The van der Waals surface area contributed by atoms with Crippen LogP contribution in [0.5, 0.6) is 0 Å². The Bertz CT molecular complexity index is 529. The van der Waals surface area contributed by atoms with E-state index in [0.717, 1.165) is 5.69 Å². The van der Waals surface area contributed by atoms with Crippen molar-refractivity contribution in [3.8, 4) is 0 Å². The first-order valence-electron chi connectivity index (χ1n) is 5.43. The molecule has 0 bridgehead atoms. The Kier molecular flexibility index (Phi) is 4.08. The molecule has 0 aliphatic rings. The van der Waals surface area contributed by atoms with E-state index in [1.54, 1.807) is 18.7 Å². The van der Waals surface area contributed by atoms with E-state index in [9.17, 15) is 13.2 Å². The third-order valence-electron chi connectivity index (χ3n) is 2.71. The summed E-state index contributed by atoms with van der Waals surface area (Å²) in [6.07, 6.45) is 1.80.